The Bertz CT molecular complexity index is 455. The van der Waals surface area contributed by atoms with Crippen LogP contribution in [0.15, 0.2) is 0 Å². The third kappa shape index (κ3) is 7.54. The predicted molar refractivity (Wildman–Crippen MR) is 76.7 cm³/mol. The molecule has 23 heavy (non-hydrogen) atoms. The Morgan fingerprint density at radius 2 is 1.70 bits per heavy atom. The lowest BCUT2D eigenvalue weighted by Crippen LogP contribution is -2.57. The molecule has 0 aliphatic carbocycles. The zero-order valence-electron chi connectivity index (χ0n) is 12.6. The van der Waals surface area contributed by atoms with Crippen LogP contribution in [-0.2, 0) is 19.2 Å². The molecule has 0 unspecified atom stereocenters. The van der Waals surface area contributed by atoms with Crippen molar-refractivity contribution in [1.29, 1.82) is 0 Å². The lowest BCUT2D eigenvalue weighted by Gasteiger charge is -2.22. The number of carbonyl (C=O) groups is 4. The topological polar surface area (TPSA) is 205 Å². The van der Waals surface area contributed by atoms with E-state index in [1.807, 2.05) is 5.32 Å². The third-order valence-corrected chi connectivity index (χ3v) is 2.90. The van der Waals surface area contributed by atoms with E-state index in [0.717, 1.165) is 6.92 Å². The van der Waals surface area contributed by atoms with Crippen molar-refractivity contribution in [3.05, 3.63) is 0 Å². The first-order valence-corrected chi connectivity index (χ1v) is 6.76. The number of rotatable bonds is 10. The standard InChI is InChI=1S/C12H22N4O7/c1-5(18)9(12(22)23)16-11(21)7(4-17)15-10(20)6(13)2-3-8(14)19/h5-7,9,17-18H,2-4,13H2,1H3,(H2,14,19)(H,15,20)(H,16,21)(H,22,23)/t5-,6+,7-,9+/m1/s1. The molecule has 3 amide bonds. The highest BCUT2D eigenvalue weighted by molar-refractivity contribution is 5.92. The number of aliphatic hydroxyl groups excluding tert-OH is 2. The van der Waals surface area contributed by atoms with E-state index < -0.39 is 54.5 Å². The Kier molecular flexibility index (Phi) is 8.77. The van der Waals surface area contributed by atoms with Gasteiger partial charge in [-0.3, -0.25) is 14.4 Å². The first kappa shape index (κ1) is 20.8. The maximum Gasteiger partial charge on any atom is 0.328 e. The van der Waals surface area contributed by atoms with E-state index in [-0.39, 0.29) is 12.8 Å². The second-order valence-electron chi connectivity index (χ2n) is 4.92. The fourth-order valence-corrected chi connectivity index (χ4v) is 1.54. The van der Waals surface area contributed by atoms with Gasteiger partial charge in [0.15, 0.2) is 6.04 Å². The van der Waals surface area contributed by atoms with E-state index in [0.29, 0.717) is 0 Å². The summed E-state index contributed by atoms with van der Waals surface area (Å²) in [4.78, 5) is 45.1. The van der Waals surface area contributed by atoms with Crippen LogP contribution in [-0.4, -0.2) is 69.8 Å². The van der Waals surface area contributed by atoms with Crippen LogP contribution in [0.3, 0.4) is 0 Å². The molecule has 11 nitrogen and oxygen atoms in total. The summed E-state index contributed by atoms with van der Waals surface area (Å²) in [5.41, 5.74) is 10.4. The number of nitrogens with one attached hydrogen (secondary N) is 2. The van der Waals surface area contributed by atoms with Crippen LogP contribution in [0.25, 0.3) is 0 Å². The largest absolute Gasteiger partial charge is 0.480 e. The Balaban J connectivity index is 4.69. The highest BCUT2D eigenvalue weighted by atomic mass is 16.4. The molecule has 0 aromatic rings. The quantitative estimate of drug-likeness (QED) is 0.209. The van der Waals surface area contributed by atoms with Crippen LogP contribution >= 0.6 is 0 Å². The van der Waals surface area contributed by atoms with Gasteiger partial charge in [-0.25, -0.2) is 4.79 Å². The van der Waals surface area contributed by atoms with Crippen molar-refractivity contribution in [2.45, 2.75) is 44.0 Å². The van der Waals surface area contributed by atoms with Gasteiger partial charge in [-0.2, -0.15) is 0 Å². The lowest BCUT2D eigenvalue weighted by molar-refractivity contribution is -0.145. The summed E-state index contributed by atoms with van der Waals surface area (Å²) in [5.74, 6) is -3.94. The monoisotopic (exact) mass is 334 g/mol. The molecule has 0 aliphatic rings. The molecule has 0 aromatic carbocycles. The molecule has 0 saturated carbocycles. The smallest absolute Gasteiger partial charge is 0.328 e. The molecule has 0 heterocycles. The fourth-order valence-electron chi connectivity index (χ4n) is 1.54. The molecular weight excluding hydrogens is 312 g/mol. The molecule has 4 atom stereocenters. The molecule has 132 valence electrons. The van der Waals surface area contributed by atoms with Crippen molar-refractivity contribution < 1.29 is 34.5 Å². The van der Waals surface area contributed by atoms with E-state index in [1.165, 1.54) is 0 Å². The summed E-state index contributed by atoms with van der Waals surface area (Å²) in [6.07, 6.45) is -1.57. The number of amides is 3. The van der Waals surface area contributed by atoms with Crippen LogP contribution in [0.1, 0.15) is 19.8 Å². The van der Waals surface area contributed by atoms with Gasteiger partial charge >= 0.3 is 5.97 Å². The van der Waals surface area contributed by atoms with Crippen LogP contribution in [0.2, 0.25) is 0 Å². The predicted octanol–water partition coefficient (Wildman–Crippen LogP) is -3.99. The number of nitrogens with two attached hydrogens (primary N) is 2. The molecule has 0 aromatic heterocycles. The van der Waals surface area contributed by atoms with E-state index in [9.17, 15) is 24.3 Å². The molecule has 0 bridgehead atoms. The van der Waals surface area contributed by atoms with E-state index in [4.69, 9.17) is 21.7 Å². The van der Waals surface area contributed by atoms with Gasteiger partial charge in [0.25, 0.3) is 0 Å². The molecule has 0 rings (SSSR count). The number of hydrogen-bond acceptors (Lipinski definition) is 7. The van der Waals surface area contributed by atoms with Crippen LogP contribution in [0.5, 0.6) is 0 Å². The van der Waals surface area contributed by atoms with E-state index in [2.05, 4.69) is 5.32 Å². The number of carboxylic acid groups (broad SMARTS) is 1. The maximum atomic E-state index is 11.8. The van der Waals surface area contributed by atoms with Crippen LogP contribution < -0.4 is 22.1 Å². The summed E-state index contributed by atoms with van der Waals surface area (Å²) in [6, 6.07) is -4.18. The SMILES string of the molecule is C[C@@H](O)[C@H](NC(=O)[C@@H](CO)NC(=O)[C@@H](N)CCC(N)=O)C(=O)O. The van der Waals surface area contributed by atoms with Crippen molar-refractivity contribution in [2.75, 3.05) is 6.61 Å². The maximum absolute atomic E-state index is 11.8. The van der Waals surface area contributed by atoms with Crippen molar-refractivity contribution in [3.63, 3.8) is 0 Å². The fraction of sp³-hybridized carbons (Fsp3) is 0.667. The second-order valence-corrected chi connectivity index (χ2v) is 4.92. The third-order valence-electron chi connectivity index (χ3n) is 2.90. The van der Waals surface area contributed by atoms with Crippen molar-refractivity contribution in [1.82, 2.24) is 10.6 Å². The zero-order valence-corrected chi connectivity index (χ0v) is 12.6. The number of aliphatic hydroxyl groups is 2. The van der Waals surface area contributed by atoms with Gasteiger partial charge in [0.2, 0.25) is 17.7 Å². The van der Waals surface area contributed by atoms with E-state index in [1.54, 1.807) is 0 Å². The van der Waals surface area contributed by atoms with Gasteiger partial charge in [-0.15, -0.1) is 0 Å². The Morgan fingerprint density at radius 3 is 2.09 bits per heavy atom. The van der Waals surface area contributed by atoms with Gasteiger partial charge in [-0.1, -0.05) is 0 Å². The Labute approximate surface area is 132 Å². The number of hydrogen-bond donors (Lipinski definition) is 7. The van der Waals surface area contributed by atoms with Crippen molar-refractivity contribution >= 4 is 23.7 Å². The number of carboxylic acids is 1. The molecular formula is C12H22N4O7. The average Bonchev–Trinajstić information content (AvgIpc) is 2.46. The summed E-state index contributed by atoms with van der Waals surface area (Å²) < 4.78 is 0. The average molecular weight is 334 g/mol. The van der Waals surface area contributed by atoms with Crippen LogP contribution in [0.4, 0.5) is 0 Å². The summed E-state index contributed by atoms with van der Waals surface area (Å²) in [5, 5.41) is 31.4. The van der Waals surface area contributed by atoms with Crippen molar-refractivity contribution in [3.8, 4) is 0 Å². The molecule has 11 heteroatoms. The number of aliphatic carboxylic acids is 1. The highest BCUT2D eigenvalue weighted by Gasteiger charge is 2.29. The first-order chi connectivity index (χ1) is 10.6. The highest BCUT2D eigenvalue weighted by Crippen LogP contribution is 1.98. The molecule has 0 radical (unpaired) electrons. The Morgan fingerprint density at radius 1 is 1.13 bits per heavy atom. The molecule has 0 fully saturated rings. The van der Waals surface area contributed by atoms with Gasteiger partial charge in [0, 0.05) is 6.42 Å². The molecule has 0 spiro atoms. The van der Waals surface area contributed by atoms with Gasteiger partial charge < -0.3 is 37.4 Å². The molecule has 0 aliphatic heterocycles. The van der Waals surface area contributed by atoms with Gasteiger partial charge in [0.1, 0.15) is 6.04 Å². The minimum Gasteiger partial charge on any atom is -0.480 e. The van der Waals surface area contributed by atoms with Crippen LogP contribution in [0, 0.1) is 0 Å². The molecule has 0 saturated heterocycles. The van der Waals surface area contributed by atoms with Crippen molar-refractivity contribution in [2.24, 2.45) is 11.5 Å². The van der Waals surface area contributed by atoms with Gasteiger partial charge in [-0.05, 0) is 13.3 Å². The zero-order chi connectivity index (χ0) is 18.2. The molecule has 9 N–H and O–H groups in total. The minimum absolute atomic E-state index is 0.0492. The normalized spacial score (nSPS) is 15.8. The summed E-state index contributed by atoms with van der Waals surface area (Å²) in [7, 11) is 0. The van der Waals surface area contributed by atoms with Gasteiger partial charge in [0.05, 0.1) is 18.8 Å². The minimum atomic E-state index is -1.60. The second kappa shape index (κ2) is 9.71. The summed E-state index contributed by atoms with van der Waals surface area (Å²) in [6.45, 7) is 0.345. The number of carbonyl (C=O) groups excluding carboxylic acids is 3. The first-order valence-electron chi connectivity index (χ1n) is 6.76. The number of primary amides is 1. The lowest BCUT2D eigenvalue weighted by atomic mass is 10.1. The van der Waals surface area contributed by atoms with E-state index >= 15 is 0 Å². The summed E-state index contributed by atoms with van der Waals surface area (Å²) >= 11 is 0. The Hall–Kier alpha value is -2.24.